The molecule has 1 fully saturated rings. The van der Waals surface area contributed by atoms with Crippen molar-refractivity contribution in [3.63, 3.8) is 0 Å². The minimum absolute atomic E-state index is 0.109. The molecule has 206 valence electrons. The van der Waals surface area contributed by atoms with E-state index in [2.05, 4.69) is 27.1 Å². The van der Waals surface area contributed by atoms with Crippen LogP contribution in [0.15, 0.2) is 48.5 Å². The Bertz CT molecular complexity index is 929. The van der Waals surface area contributed by atoms with Gasteiger partial charge in [-0.15, -0.1) is 13.2 Å². The third-order valence-corrected chi connectivity index (χ3v) is 6.82. The standard InChI is InChI=1S/C28H39F3N2O4/c1-34-20-24(35-2)12-7-8-16-33-17-9-13-25(27(33)21-10-5-4-6-11-21)32-19-22-18-23(37-28(29,30)31)14-15-26(22)36-3/h4-6,10-11,14-15,18,24-25,27,32H,7-9,12-13,16-17,19-20H2,1-3H3. The van der Waals surface area contributed by atoms with Gasteiger partial charge in [-0.2, -0.15) is 0 Å². The average Bonchev–Trinajstić information content (AvgIpc) is 2.89. The fraction of sp³-hybridized carbons (Fsp3) is 0.571. The monoisotopic (exact) mass is 524 g/mol. The number of alkyl halides is 3. The Labute approximate surface area is 218 Å². The highest BCUT2D eigenvalue weighted by atomic mass is 19.4. The molecule has 1 aliphatic rings. The third-order valence-electron chi connectivity index (χ3n) is 6.82. The zero-order valence-corrected chi connectivity index (χ0v) is 21.9. The van der Waals surface area contributed by atoms with E-state index in [1.54, 1.807) is 14.2 Å². The molecule has 3 atom stereocenters. The first kappa shape index (κ1) is 29.2. The van der Waals surface area contributed by atoms with Gasteiger partial charge in [-0.3, -0.25) is 4.90 Å². The van der Waals surface area contributed by atoms with Gasteiger partial charge in [0.25, 0.3) is 0 Å². The number of nitrogens with zero attached hydrogens (tertiary/aromatic N) is 1. The first-order chi connectivity index (χ1) is 17.8. The quantitative estimate of drug-likeness (QED) is 0.319. The molecule has 1 heterocycles. The lowest BCUT2D eigenvalue weighted by molar-refractivity contribution is -0.274. The summed E-state index contributed by atoms with van der Waals surface area (Å²) < 4.78 is 58.5. The van der Waals surface area contributed by atoms with Crippen molar-refractivity contribution in [3.8, 4) is 11.5 Å². The minimum atomic E-state index is -4.74. The van der Waals surface area contributed by atoms with Crippen LogP contribution in [0.25, 0.3) is 0 Å². The molecule has 1 saturated heterocycles. The number of hydrogen-bond donors (Lipinski definition) is 1. The number of piperidine rings is 1. The van der Waals surface area contributed by atoms with Gasteiger partial charge in [-0.25, -0.2) is 0 Å². The summed E-state index contributed by atoms with van der Waals surface area (Å²) in [4.78, 5) is 2.52. The van der Waals surface area contributed by atoms with E-state index in [-0.39, 0.29) is 23.9 Å². The van der Waals surface area contributed by atoms with Crippen LogP contribution in [-0.2, 0) is 16.0 Å². The second-order valence-corrected chi connectivity index (χ2v) is 9.35. The summed E-state index contributed by atoms with van der Waals surface area (Å²) in [5.74, 6) is 0.271. The second kappa shape index (κ2) is 14.6. The number of unbranched alkanes of at least 4 members (excludes halogenated alkanes) is 1. The Hall–Kier alpha value is -2.33. The van der Waals surface area contributed by atoms with E-state index in [1.807, 2.05) is 18.2 Å². The van der Waals surface area contributed by atoms with Crippen LogP contribution >= 0.6 is 0 Å². The Kier molecular flexibility index (Phi) is 11.5. The maximum absolute atomic E-state index is 12.8. The van der Waals surface area contributed by atoms with Crippen molar-refractivity contribution in [3.05, 3.63) is 59.7 Å². The van der Waals surface area contributed by atoms with Gasteiger partial charge in [0, 0.05) is 32.4 Å². The average molecular weight is 525 g/mol. The molecule has 6 nitrogen and oxygen atoms in total. The molecule has 2 aromatic carbocycles. The van der Waals surface area contributed by atoms with E-state index in [9.17, 15) is 13.2 Å². The van der Waals surface area contributed by atoms with Crippen LogP contribution in [0.3, 0.4) is 0 Å². The Morgan fingerprint density at radius 3 is 2.51 bits per heavy atom. The molecule has 0 bridgehead atoms. The van der Waals surface area contributed by atoms with E-state index < -0.39 is 6.36 Å². The molecule has 0 spiro atoms. The smallest absolute Gasteiger partial charge is 0.496 e. The van der Waals surface area contributed by atoms with Crippen molar-refractivity contribution in [2.45, 2.75) is 63.2 Å². The molecule has 1 aliphatic heterocycles. The van der Waals surface area contributed by atoms with Gasteiger partial charge in [-0.05, 0) is 69.0 Å². The topological polar surface area (TPSA) is 52.2 Å². The normalized spacial score (nSPS) is 19.5. The minimum Gasteiger partial charge on any atom is -0.496 e. The molecule has 1 N–H and O–H groups in total. The number of methoxy groups -OCH3 is 3. The van der Waals surface area contributed by atoms with Crippen molar-refractivity contribution in [2.24, 2.45) is 0 Å². The largest absolute Gasteiger partial charge is 0.573 e. The van der Waals surface area contributed by atoms with Crippen LogP contribution in [0.4, 0.5) is 13.2 Å². The third kappa shape index (κ3) is 9.17. The molecule has 0 saturated carbocycles. The van der Waals surface area contributed by atoms with Crippen LogP contribution in [0.1, 0.15) is 49.3 Å². The lowest BCUT2D eigenvalue weighted by Gasteiger charge is -2.42. The number of ether oxygens (including phenoxy) is 4. The Balaban J connectivity index is 1.70. The first-order valence-electron chi connectivity index (χ1n) is 12.8. The molecule has 0 aromatic heterocycles. The van der Waals surface area contributed by atoms with Gasteiger partial charge >= 0.3 is 6.36 Å². The first-order valence-corrected chi connectivity index (χ1v) is 12.8. The highest BCUT2D eigenvalue weighted by molar-refractivity contribution is 5.40. The Morgan fingerprint density at radius 1 is 1.05 bits per heavy atom. The van der Waals surface area contributed by atoms with Crippen molar-refractivity contribution < 1.29 is 32.1 Å². The van der Waals surface area contributed by atoms with E-state index in [4.69, 9.17) is 14.2 Å². The van der Waals surface area contributed by atoms with Gasteiger partial charge < -0.3 is 24.3 Å². The molecule has 3 rings (SSSR count). The summed E-state index contributed by atoms with van der Waals surface area (Å²) in [5, 5.41) is 3.62. The van der Waals surface area contributed by atoms with Crippen LogP contribution in [0.5, 0.6) is 11.5 Å². The summed E-state index contributed by atoms with van der Waals surface area (Å²) in [7, 11) is 4.92. The molecular weight excluding hydrogens is 485 g/mol. The highest BCUT2D eigenvalue weighted by Crippen LogP contribution is 2.33. The predicted octanol–water partition coefficient (Wildman–Crippen LogP) is 5.72. The summed E-state index contributed by atoms with van der Waals surface area (Å²) in [6.45, 7) is 2.92. The summed E-state index contributed by atoms with van der Waals surface area (Å²) in [6.07, 6.45) is 0.417. The molecular formula is C28H39F3N2O4. The van der Waals surface area contributed by atoms with Crippen molar-refractivity contribution in [1.29, 1.82) is 0 Å². The van der Waals surface area contributed by atoms with Gasteiger partial charge in [0.15, 0.2) is 0 Å². The molecule has 0 aliphatic carbocycles. The summed E-state index contributed by atoms with van der Waals surface area (Å²) in [6, 6.07) is 14.9. The molecule has 9 heteroatoms. The maximum Gasteiger partial charge on any atom is 0.573 e. The van der Waals surface area contributed by atoms with Gasteiger partial charge in [0.05, 0.1) is 25.9 Å². The van der Waals surface area contributed by atoms with Gasteiger partial charge in [0.1, 0.15) is 11.5 Å². The summed E-state index contributed by atoms with van der Waals surface area (Å²) in [5.41, 5.74) is 1.85. The lowest BCUT2D eigenvalue weighted by atomic mass is 9.89. The van der Waals surface area contributed by atoms with Crippen LogP contribution in [0, 0.1) is 0 Å². The van der Waals surface area contributed by atoms with E-state index in [0.29, 0.717) is 24.5 Å². The Morgan fingerprint density at radius 2 is 1.84 bits per heavy atom. The van der Waals surface area contributed by atoms with Crippen molar-refractivity contribution >= 4 is 0 Å². The fourth-order valence-corrected chi connectivity index (χ4v) is 5.10. The molecule has 3 unspecified atom stereocenters. The molecule has 0 amide bonds. The van der Waals surface area contributed by atoms with Crippen molar-refractivity contribution in [1.82, 2.24) is 10.2 Å². The number of nitrogens with one attached hydrogen (secondary N) is 1. The lowest BCUT2D eigenvalue weighted by Crippen LogP contribution is -2.48. The van der Waals surface area contributed by atoms with Gasteiger partial charge in [0.2, 0.25) is 0 Å². The van der Waals surface area contributed by atoms with E-state index in [1.165, 1.54) is 30.9 Å². The predicted molar refractivity (Wildman–Crippen MR) is 137 cm³/mol. The molecule has 37 heavy (non-hydrogen) atoms. The zero-order chi connectivity index (χ0) is 26.7. The van der Waals surface area contributed by atoms with Gasteiger partial charge in [-0.1, -0.05) is 30.3 Å². The number of rotatable bonds is 14. The number of halogens is 3. The number of benzene rings is 2. The summed E-state index contributed by atoms with van der Waals surface area (Å²) >= 11 is 0. The van der Waals surface area contributed by atoms with Crippen LogP contribution in [-0.4, -0.2) is 64.4 Å². The van der Waals surface area contributed by atoms with Crippen LogP contribution in [0.2, 0.25) is 0 Å². The van der Waals surface area contributed by atoms with E-state index >= 15 is 0 Å². The fourth-order valence-electron chi connectivity index (χ4n) is 5.10. The number of likely N-dealkylation sites (tertiary alicyclic amines) is 1. The van der Waals surface area contributed by atoms with Crippen LogP contribution < -0.4 is 14.8 Å². The number of hydrogen-bond acceptors (Lipinski definition) is 6. The molecule has 0 radical (unpaired) electrons. The zero-order valence-electron chi connectivity index (χ0n) is 21.9. The van der Waals surface area contributed by atoms with E-state index in [0.717, 1.165) is 45.2 Å². The maximum atomic E-state index is 12.8. The van der Waals surface area contributed by atoms with Crippen molar-refractivity contribution in [2.75, 3.05) is 41.0 Å². The highest BCUT2D eigenvalue weighted by Gasteiger charge is 2.33. The molecule has 2 aromatic rings. The second-order valence-electron chi connectivity index (χ2n) is 9.35. The SMILES string of the molecule is COCC(CCCCN1CCCC(NCc2cc(OC(F)(F)F)ccc2OC)C1c1ccccc1)OC.